The Labute approximate surface area is 110 Å². The lowest BCUT2D eigenvalue weighted by atomic mass is 10.1. The lowest BCUT2D eigenvalue weighted by Crippen LogP contribution is -2.57. The molecule has 0 aromatic heterocycles. The Balaban J connectivity index is 2.39. The van der Waals surface area contributed by atoms with Gasteiger partial charge in [-0.05, 0) is 37.7 Å². The molecule has 1 saturated heterocycles. The van der Waals surface area contributed by atoms with E-state index in [1.54, 1.807) is 24.9 Å². The van der Waals surface area contributed by atoms with E-state index < -0.39 is 6.04 Å². The van der Waals surface area contributed by atoms with E-state index in [1.807, 2.05) is 0 Å². The molecule has 0 aliphatic carbocycles. The predicted octanol–water partition coefficient (Wildman–Crippen LogP) is 0.396. The SMILES string of the molecule is CNCc1cc(F)ccc1N1CC(=O)NC(=O)C1C. The van der Waals surface area contributed by atoms with Gasteiger partial charge in [0.25, 0.3) is 0 Å². The van der Waals surface area contributed by atoms with Crippen molar-refractivity contribution in [2.45, 2.75) is 19.5 Å². The summed E-state index contributed by atoms with van der Waals surface area (Å²) in [5.74, 6) is -1.02. The van der Waals surface area contributed by atoms with Crippen molar-refractivity contribution in [3.05, 3.63) is 29.6 Å². The molecule has 1 atom stereocenters. The molecule has 2 amide bonds. The number of hydrogen-bond donors (Lipinski definition) is 2. The standard InChI is InChI=1S/C13H16FN3O2/c1-8-13(19)16-12(18)7-17(8)11-4-3-10(14)5-9(11)6-15-2/h3-5,8,15H,6-7H2,1-2H3,(H,16,18,19). The summed E-state index contributed by atoms with van der Waals surface area (Å²) >= 11 is 0. The second kappa shape index (κ2) is 5.36. The molecule has 1 aromatic rings. The number of rotatable bonds is 3. The molecular formula is C13H16FN3O2. The first-order valence-corrected chi connectivity index (χ1v) is 6.06. The average molecular weight is 265 g/mol. The first-order chi connectivity index (χ1) is 9.02. The van der Waals surface area contributed by atoms with Crippen molar-refractivity contribution in [3.8, 4) is 0 Å². The van der Waals surface area contributed by atoms with Gasteiger partial charge in [0.1, 0.15) is 11.9 Å². The van der Waals surface area contributed by atoms with Gasteiger partial charge in [0.15, 0.2) is 0 Å². The normalized spacial score (nSPS) is 19.5. The van der Waals surface area contributed by atoms with Crippen molar-refractivity contribution in [2.24, 2.45) is 0 Å². The fraction of sp³-hybridized carbons (Fsp3) is 0.385. The molecular weight excluding hydrogens is 249 g/mol. The number of benzene rings is 1. The molecule has 102 valence electrons. The lowest BCUT2D eigenvalue weighted by Gasteiger charge is -2.34. The Hall–Kier alpha value is -1.95. The Morgan fingerprint density at radius 1 is 1.47 bits per heavy atom. The first kappa shape index (κ1) is 13.5. The molecule has 1 unspecified atom stereocenters. The molecule has 1 fully saturated rings. The Bertz CT molecular complexity index is 519. The van der Waals surface area contributed by atoms with E-state index in [2.05, 4.69) is 10.6 Å². The Kier molecular flexibility index (Phi) is 3.80. The summed E-state index contributed by atoms with van der Waals surface area (Å²) in [6.07, 6.45) is 0. The van der Waals surface area contributed by atoms with Gasteiger partial charge in [0.2, 0.25) is 11.8 Å². The number of imide groups is 1. The van der Waals surface area contributed by atoms with Crippen LogP contribution in [0.15, 0.2) is 18.2 Å². The average Bonchev–Trinajstić information content (AvgIpc) is 2.35. The molecule has 1 aliphatic heterocycles. The first-order valence-electron chi connectivity index (χ1n) is 6.06. The second-order valence-electron chi connectivity index (χ2n) is 4.52. The smallest absolute Gasteiger partial charge is 0.249 e. The predicted molar refractivity (Wildman–Crippen MR) is 69.1 cm³/mol. The zero-order chi connectivity index (χ0) is 14.0. The van der Waals surface area contributed by atoms with E-state index in [4.69, 9.17) is 0 Å². The monoisotopic (exact) mass is 265 g/mol. The van der Waals surface area contributed by atoms with Gasteiger partial charge in [0, 0.05) is 12.2 Å². The molecule has 0 saturated carbocycles. The largest absolute Gasteiger partial charge is 0.350 e. The minimum Gasteiger partial charge on any atom is -0.350 e. The van der Waals surface area contributed by atoms with Crippen LogP contribution in [0.3, 0.4) is 0 Å². The highest BCUT2D eigenvalue weighted by Crippen LogP contribution is 2.25. The number of anilines is 1. The quantitative estimate of drug-likeness (QED) is 0.776. The molecule has 1 heterocycles. The molecule has 6 heteroatoms. The van der Waals surface area contributed by atoms with Gasteiger partial charge in [-0.1, -0.05) is 0 Å². The summed E-state index contributed by atoms with van der Waals surface area (Å²) in [5, 5.41) is 5.23. The van der Waals surface area contributed by atoms with Crippen LogP contribution in [0.25, 0.3) is 0 Å². The van der Waals surface area contributed by atoms with E-state index in [9.17, 15) is 14.0 Å². The molecule has 5 nitrogen and oxygen atoms in total. The summed E-state index contributed by atoms with van der Waals surface area (Å²) < 4.78 is 13.3. The van der Waals surface area contributed by atoms with E-state index in [0.717, 1.165) is 5.56 Å². The Morgan fingerprint density at radius 2 is 2.21 bits per heavy atom. The molecule has 1 aromatic carbocycles. The van der Waals surface area contributed by atoms with Crippen LogP contribution >= 0.6 is 0 Å². The summed E-state index contributed by atoms with van der Waals surface area (Å²) in [4.78, 5) is 24.8. The number of hydrogen-bond acceptors (Lipinski definition) is 4. The van der Waals surface area contributed by atoms with Crippen molar-refractivity contribution < 1.29 is 14.0 Å². The minimum absolute atomic E-state index is 0.0925. The topological polar surface area (TPSA) is 61.4 Å². The maximum Gasteiger partial charge on any atom is 0.249 e. The van der Waals surface area contributed by atoms with E-state index >= 15 is 0 Å². The Morgan fingerprint density at radius 3 is 2.89 bits per heavy atom. The molecule has 0 radical (unpaired) electrons. The van der Waals surface area contributed by atoms with Gasteiger partial charge < -0.3 is 10.2 Å². The maximum absolute atomic E-state index is 13.3. The molecule has 0 spiro atoms. The van der Waals surface area contributed by atoms with Crippen LogP contribution in [0.5, 0.6) is 0 Å². The van der Waals surface area contributed by atoms with Crippen LogP contribution in [-0.4, -0.2) is 31.4 Å². The molecule has 19 heavy (non-hydrogen) atoms. The van der Waals surface area contributed by atoms with Gasteiger partial charge in [-0.15, -0.1) is 0 Å². The summed E-state index contributed by atoms with van der Waals surface area (Å²) in [6.45, 7) is 2.27. The summed E-state index contributed by atoms with van der Waals surface area (Å²) in [6, 6.07) is 3.89. The van der Waals surface area contributed by atoms with Crippen LogP contribution < -0.4 is 15.5 Å². The van der Waals surface area contributed by atoms with Crippen LogP contribution in [-0.2, 0) is 16.1 Å². The highest BCUT2D eigenvalue weighted by atomic mass is 19.1. The third-order valence-electron chi connectivity index (χ3n) is 3.14. The molecule has 0 bridgehead atoms. The van der Waals surface area contributed by atoms with Crippen LogP contribution in [0.1, 0.15) is 12.5 Å². The number of amides is 2. The number of carbonyl (C=O) groups excluding carboxylic acids is 2. The lowest BCUT2D eigenvalue weighted by molar-refractivity contribution is -0.132. The van der Waals surface area contributed by atoms with Crippen molar-refractivity contribution in [1.82, 2.24) is 10.6 Å². The van der Waals surface area contributed by atoms with Crippen LogP contribution in [0.2, 0.25) is 0 Å². The third-order valence-corrected chi connectivity index (χ3v) is 3.14. The second-order valence-corrected chi connectivity index (χ2v) is 4.52. The van der Waals surface area contributed by atoms with Gasteiger partial charge in [0.05, 0.1) is 6.54 Å². The van der Waals surface area contributed by atoms with Gasteiger partial charge in [-0.25, -0.2) is 4.39 Å². The maximum atomic E-state index is 13.3. The number of nitrogens with one attached hydrogen (secondary N) is 2. The highest BCUT2D eigenvalue weighted by molar-refractivity contribution is 6.04. The number of carbonyl (C=O) groups is 2. The zero-order valence-corrected chi connectivity index (χ0v) is 10.9. The van der Waals surface area contributed by atoms with Crippen molar-refractivity contribution in [1.29, 1.82) is 0 Å². The van der Waals surface area contributed by atoms with Crippen molar-refractivity contribution in [3.63, 3.8) is 0 Å². The zero-order valence-electron chi connectivity index (χ0n) is 10.9. The van der Waals surface area contributed by atoms with Gasteiger partial charge >= 0.3 is 0 Å². The van der Waals surface area contributed by atoms with Crippen molar-refractivity contribution >= 4 is 17.5 Å². The highest BCUT2D eigenvalue weighted by Gasteiger charge is 2.31. The van der Waals surface area contributed by atoms with Gasteiger partial charge in [-0.3, -0.25) is 14.9 Å². The van der Waals surface area contributed by atoms with E-state index in [0.29, 0.717) is 12.2 Å². The number of nitrogens with zero attached hydrogens (tertiary/aromatic N) is 1. The fourth-order valence-corrected chi connectivity index (χ4v) is 2.17. The number of piperazine rings is 1. The fourth-order valence-electron chi connectivity index (χ4n) is 2.17. The van der Waals surface area contributed by atoms with E-state index in [1.165, 1.54) is 12.1 Å². The van der Waals surface area contributed by atoms with Crippen molar-refractivity contribution in [2.75, 3.05) is 18.5 Å². The van der Waals surface area contributed by atoms with E-state index in [-0.39, 0.29) is 24.2 Å². The summed E-state index contributed by atoms with van der Waals surface area (Å²) in [5.41, 5.74) is 1.42. The third kappa shape index (κ3) is 2.73. The molecule has 1 aliphatic rings. The molecule has 2 rings (SSSR count). The number of halogens is 1. The van der Waals surface area contributed by atoms with Crippen LogP contribution in [0.4, 0.5) is 10.1 Å². The van der Waals surface area contributed by atoms with Gasteiger partial charge in [-0.2, -0.15) is 0 Å². The van der Waals surface area contributed by atoms with Crippen LogP contribution in [0, 0.1) is 5.82 Å². The molecule has 2 N–H and O–H groups in total. The minimum atomic E-state index is -0.459. The summed E-state index contributed by atoms with van der Waals surface area (Å²) in [7, 11) is 1.76.